The van der Waals surface area contributed by atoms with Crippen molar-refractivity contribution in [2.24, 2.45) is 0 Å². The number of carbonyl (C=O) groups excluding carboxylic acids is 2. The van der Waals surface area contributed by atoms with Crippen molar-refractivity contribution < 1.29 is 37.6 Å². The first-order valence-electron chi connectivity index (χ1n) is 4.60. The van der Waals surface area contributed by atoms with Crippen molar-refractivity contribution in [1.82, 2.24) is 14.7 Å². The molecule has 0 radical (unpaired) electrons. The van der Waals surface area contributed by atoms with Crippen molar-refractivity contribution >= 4 is 12.1 Å². The minimum absolute atomic E-state index is 0.0109. The summed E-state index contributed by atoms with van der Waals surface area (Å²) < 4.78 is 4.66. The van der Waals surface area contributed by atoms with Gasteiger partial charge in [-0.1, -0.05) is 0 Å². The van der Waals surface area contributed by atoms with E-state index in [0.717, 1.165) is 25.2 Å². The van der Waals surface area contributed by atoms with Gasteiger partial charge in [-0.15, -0.1) is 0 Å². The van der Waals surface area contributed by atoms with Gasteiger partial charge in [-0.05, 0) is 0 Å². The Balaban J connectivity index is 2.42. The van der Waals surface area contributed by atoms with Gasteiger partial charge < -0.3 is 0 Å². The Morgan fingerprint density at radius 1 is 1.13 bits per heavy atom. The van der Waals surface area contributed by atoms with Crippen molar-refractivity contribution in [1.29, 1.82) is 0 Å². The third kappa shape index (κ3) is 3.19. The van der Waals surface area contributed by atoms with E-state index in [1.807, 2.05) is 0 Å². The fourth-order valence-corrected chi connectivity index (χ4v) is 1.79. The summed E-state index contributed by atoms with van der Waals surface area (Å²) in [6, 6.07) is -0.0109. The Labute approximate surface area is 105 Å². The summed E-state index contributed by atoms with van der Waals surface area (Å²) in [5.74, 6) is 0. The average Bonchev–Trinajstić information content (AvgIpc) is 2.27. The molecule has 15 heavy (non-hydrogen) atoms. The van der Waals surface area contributed by atoms with Crippen LogP contribution in [0, 0.1) is 25.2 Å². The third-order valence-electron chi connectivity index (χ3n) is 2.26. The first-order chi connectivity index (χ1) is 7.06. The first kappa shape index (κ1) is 12.5. The molecule has 0 saturated carbocycles. The SMILES string of the molecule is CN(C)C(=O)N1CCN(C(=O)O[At])CC1. The van der Waals surface area contributed by atoms with E-state index in [2.05, 4.69) is 2.81 Å². The van der Waals surface area contributed by atoms with Gasteiger partial charge in [-0.3, -0.25) is 0 Å². The topological polar surface area (TPSA) is 53.1 Å². The molecule has 7 heteroatoms. The predicted octanol–water partition coefficient (Wildman–Crippen LogP) is -0.113. The maximum atomic E-state index is 11.6. The average molecular weight is 410 g/mol. The Kier molecular flexibility index (Phi) is 4.57. The molecule has 0 atom stereocenters. The molecule has 0 aromatic carbocycles. The summed E-state index contributed by atoms with van der Waals surface area (Å²) in [5, 5.41) is 0. The van der Waals surface area contributed by atoms with Gasteiger partial charge in [0.05, 0.1) is 0 Å². The molecular formula is C8H14AtN3O3. The van der Waals surface area contributed by atoms with Gasteiger partial charge in [0.15, 0.2) is 0 Å². The zero-order valence-electron chi connectivity index (χ0n) is 8.77. The van der Waals surface area contributed by atoms with Crippen LogP contribution in [0.3, 0.4) is 0 Å². The van der Waals surface area contributed by atoms with Crippen LogP contribution in [-0.4, -0.2) is 67.1 Å². The van der Waals surface area contributed by atoms with Crippen molar-refractivity contribution in [3.8, 4) is 0 Å². The number of amides is 3. The first-order valence-corrected chi connectivity index (χ1v) is 5.80. The zero-order valence-corrected chi connectivity index (χ0v) is 11.7. The second kappa shape index (κ2) is 5.49. The van der Waals surface area contributed by atoms with Crippen LogP contribution in [-0.2, 0) is 2.81 Å². The van der Waals surface area contributed by atoms with Crippen LogP contribution in [0.15, 0.2) is 0 Å². The number of hydrogen-bond donors (Lipinski definition) is 0. The minimum atomic E-state index is -0.302. The number of carbonyl (C=O) groups is 2. The summed E-state index contributed by atoms with van der Waals surface area (Å²) in [7, 11) is 3.44. The van der Waals surface area contributed by atoms with E-state index in [-0.39, 0.29) is 12.1 Å². The maximum absolute atomic E-state index is 11.6. The molecule has 0 aromatic rings. The molecule has 1 rings (SSSR count). The van der Waals surface area contributed by atoms with Gasteiger partial charge in [0, 0.05) is 0 Å². The Morgan fingerprint density at radius 2 is 1.60 bits per heavy atom. The van der Waals surface area contributed by atoms with E-state index in [1.54, 1.807) is 23.9 Å². The van der Waals surface area contributed by atoms with Crippen LogP contribution in [0.4, 0.5) is 9.59 Å². The Morgan fingerprint density at radius 3 is 2.00 bits per heavy atom. The molecule has 1 saturated heterocycles. The van der Waals surface area contributed by atoms with Gasteiger partial charge in [0.1, 0.15) is 0 Å². The molecule has 1 aliphatic heterocycles. The molecule has 0 aromatic heterocycles. The molecule has 86 valence electrons. The monoisotopic (exact) mass is 410 g/mol. The summed E-state index contributed by atoms with van der Waals surface area (Å²) in [5.41, 5.74) is 0. The molecule has 0 N–H and O–H groups in total. The molecule has 0 aliphatic carbocycles. The molecule has 1 heterocycles. The molecule has 3 amide bonds. The second-order valence-corrected chi connectivity index (χ2v) is 4.09. The third-order valence-corrected chi connectivity index (χ3v) is 2.77. The van der Waals surface area contributed by atoms with Crippen molar-refractivity contribution in [3.05, 3.63) is 0 Å². The molecule has 1 fully saturated rings. The van der Waals surface area contributed by atoms with E-state index in [4.69, 9.17) is 0 Å². The van der Waals surface area contributed by atoms with E-state index in [9.17, 15) is 9.59 Å². The van der Waals surface area contributed by atoms with Crippen molar-refractivity contribution in [3.63, 3.8) is 0 Å². The van der Waals surface area contributed by atoms with Crippen LogP contribution in [0.1, 0.15) is 0 Å². The molecule has 0 spiro atoms. The summed E-state index contributed by atoms with van der Waals surface area (Å²) in [6.07, 6.45) is -0.302. The number of hydrogen-bond acceptors (Lipinski definition) is 3. The van der Waals surface area contributed by atoms with Crippen LogP contribution in [0.25, 0.3) is 0 Å². The fourth-order valence-electron chi connectivity index (χ4n) is 1.41. The van der Waals surface area contributed by atoms with Crippen molar-refractivity contribution in [2.45, 2.75) is 0 Å². The van der Waals surface area contributed by atoms with Crippen LogP contribution in [0.2, 0.25) is 0 Å². The summed E-state index contributed by atoms with van der Waals surface area (Å²) >= 11 is 0.982. The molecule has 0 unspecified atom stereocenters. The van der Waals surface area contributed by atoms with Crippen LogP contribution < -0.4 is 0 Å². The van der Waals surface area contributed by atoms with Crippen LogP contribution >= 0.6 is 0 Å². The molecule has 6 nitrogen and oxygen atoms in total. The standard InChI is InChI=1S/C8H14AtN3O3/c1-10(2)7(13)11-3-5-12(6-4-11)8(14)15-9/h3-6H2,1-2H3. The van der Waals surface area contributed by atoms with Crippen molar-refractivity contribution in [2.75, 3.05) is 40.3 Å². The van der Waals surface area contributed by atoms with E-state index in [0.29, 0.717) is 26.2 Å². The van der Waals surface area contributed by atoms with Gasteiger partial charge in [-0.25, -0.2) is 0 Å². The van der Waals surface area contributed by atoms with Gasteiger partial charge in [0.25, 0.3) is 0 Å². The zero-order chi connectivity index (χ0) is 11.4. The van der Waals surface area contributed by atoms with Crippen LogP contribution in [0.5, 0.6) is 0 Å². The normalized spacial score (nSPS) is 16.2. The molecule has 0 bridgehead atoms. The predicted molar refractivity (Wildman–Crippen MR) is 48.7 cm³/mol. The summed E-state index contributed by atoms with van der Waals surface area (Å²) in [4.78, 5) is 27.6. The van der Waals surface area contributed by atoms with Gasteiger partial charge in [-0.2, -0.15) is 0 Å². The fraction of sp³-hybridized carbons (Fsp3) is 0.750. The summed E-state index contributed by atoms with van der Waals surface area (Å²) in [6.45, 7) is 2.22. The quantitative estimate of drug-likeness (QED) is 0.560. The van der Waals surface area contributed by atoms with E-state index >= 15 is 0 Å². The molecular weight excluding hydrogens is 396 g/mol. The van der Waals surface area contributed by atoms with E-state index in [1.165, 1.54) is 4.90 Å². The number of rotatable bonds is 0. The van der Waals surface area contributed by atoms with Gasteiger partial charge in [0.2, 0.25) is 0 Å². The second-order valence-electron chi connectivity index (χ2n) is 3.49. The Bertz CT molecular complexity index is 252. The molecule has 1 aliphatic rings. The van der Waals surface area contributed by atoms with E-state index < -0.39 is 0 Å². The number of nitrogens with zero attached hydrogens (tertiary/aromatic N) is 3. The van der Waals surface area contributed by atoms with Gasteiger partial charge >= 0.3 is 105 Å². The number of piperazine rings is 1. The Hall–Kier alpha value is -0.577. The number of urea groups is 1.